The van der Waals surface area contributed by atoms with E-state index in [1.54, 1.807) is 0 Å². The average Bonchev–Trinajstić information content (AvgIpc) is 2.96. The van der Waals surface area contributed by atoms with E-state index in [2.05, 4.69) is 20.4 Å². The minimum absolute atomic E-state index is 0.132. The zero-order valence-electron chi connectivity index (χ0n) is 10.1. The van der Waals surface area contributed by atoms with Crippen molar-refractivity contribution in [3.05, 3.63) is 11.7 Å². The Balaban J connectivity index is 1.82. The van der Waals surface area contributed by atoms with Crippen molar-refractivity contribution in [2.45, 2.75) is 32.2 Å². The fraction of sp³-hybridized carbons (Fsp3) is 0.818. The summed E-state index contributed by atoms with van der Waals surface area (Å²) in [6, 6.07) is 0.132. The highest BCUT2D eigenvalue weighted by atomic mass is 16.5. The van der Waals surface area contributed by atoms with Gasteiger partial charge < -0.3 is 14.7 Å². The predicted molar refractivity (Wildman–Crippen MR) is 61.2 cm³/mol. The third-order valence-electron chi connectivity index (χ3n) is 3.14. The van der Waals surface area contributed by atoms with E-state index >= 15 is 0 Å². The van der Waals surface area contributed by atoms with Crippen LogP contribution in [0, 0.1) is 0 Å². The Kier molecular flexibility index (Phi) is 3.90. The summed E-state index contributed by atoms with van der Waals surface area (Å²) < 4.78 is 5.19. The van der Waals surface area contributed by atoms with E-state index in [9.17, 15) is 0 Å². The van der Waals surface area contributed by atoms with Crippen molar-refractivity contribution >= 4 is 0 Å². The molecule has 1 aliphatic rings. The third kappa shape index (κ3) is 2.80. The first kappa shape index (κ1) is 11.5. The Hall–Kier alpha value is -0.940. The molecule has 0 aliphatic carbocycles. The van der Waals surface area contributed by atoms with Gasteiger partial charge in [-0.1, -0.05) is 5.16 Å². The fourth-order valence-corrected chi connectivity index (χ4v) is 1.93. The van der Waals surface area contributed by atoms with E-state index in [1.165, 1.54) is 25.9 Å². The molecule has 0 bridgehead atoms. The van der Waals surface area contributed by atoms with Crippen LogP contribution in [0.1, 0.15) is 37.5 Å². The van der Waals surface area contributed by atoms with E-state index in [0.29, 0.717) is 5.89 Å². The molecular weight excluding hydrogens is 204 g/mol. The molecule has 0 amide bonds. The van der Waals surface area contributed by atoms with Gasteiger partial charge in [0, 0.05) is 13.0 Å². The van der Waals surface area contributed by atoms with Crippen LogP contribution in [0.2, 0.25) is 0 Å². The van der Waals surface area contributed by atoms with Crippen molar-refractivity contribution in [1.29, 1.82) is 0 Å². The van der Waals surface area contributed by atoms with Crippen LogP contribution in [0.5, 0.6) is 0 Å². The van der Waals surface area contributed by atoms with Gasteiger partial charge in [0.05, 0.1) is 6.04 Å². The smallest absolute Gasteiger partial charge is 0.243 e. The number of rotatable bonds is 5. The third-order valence-corrected chi connectivity index (χ3v) is 3.14. The molecule has 5 nitrogen and oxygen atoms in total. The first-order chi connectivity index (χ1) is 7.79. The number of hydrogen-bond donors (Lipinski definition) is 1. The molecule has 1 aromatic heterocycles. The summed E-state index contributed by atoms with van der Waals surface area (Å²) in [6.45, 7) is 5.50. The SMILES string of the molecule is CNC(C)c1nc(CCN2CCCC2)no1. The van der Waals surface area contributed by atoms with Crippen molar-refractivity contribution in [2.24, 2.45) is 0 Å². The molecule has 0 aromatic carbocycles. The zero-order chi connectivity index (χ0) is 11.4. The highest BCUT2D eigenvalue weighted by Crippen LogP contribution is 2.11. The minimum Gasteiger partial charge on any atom is -0.338 e. The van der Waals surface area contributed by atoms with Gasteiger partial charge in [-0.3, -0.25) is 0 Å². The molecular formula is C11H20N4O. The lowest BCUT2D eigenvalue weighted by atomic mass is 10.3. The van der Waals surface area contributed by atoms with E-state index in [4.69, 9.17) is 4.52 Å². The van der Waals surface area contributed by atoms with Gasteiger partial charge in [0.25, 0.3) is 0 Å². The van der Waals surface area contributed by atoms with Crippen LogP contribution < -0.4 is 5.32 Å². The Bertz CT molecular complexity index is 320. The number of likely N-dealkylation sites (tertiary alicyclic amines) is 1. The van der Waals surface area contributed by atoms with Crippen molar-refractivity contribution in [2.75, 3.05) is 26.7 Å². The standard InChI is InChI=1S/C11H20N4O/c1-9(12-2)11-13-10(14-16-11)5-8-15-6-3-4-7-15/h9,12H,3-8H2,1-2H3. The summed E-state index contributed by atoms with van der Waals surface area (Å²) in [5.41, 5.74) is 0. The van der Waals surface area contributed by atoms with E-state index in [-0.39, 0.29) is 6.04 Å². The Morgan fingerprint density at radius 1 is 1.44 bits per heavy atom. The largest absolute Gasteiger partial charge is 0.338 e. The van der Waals surface area contributed by atoms with Gasteiger partial charge in [-0.2, -0.15) is 4.98 Å². The minimum atomic E-state index is 0.132. The first-order valence-corrected chi connectivity index (χ1v) is 6.01. The van der Waals surface area contributed by atoms with Crippen LogP contribution in [0.4, 0.5) is 0 Å². The molecule has 16 heavy (non-hydrogen) atoms. The van der Waals surface area contributed by atoms with Crippen LogP contribution in [0.15, 0.2) is 4.52 Å². The van der Waals surface area contributed by atoms with Gasteiger partial charge in [-0.15, -0.1) is 0 Å². The highest BCUT2D eigenvalue weighted by molar-refractivity contribution is 4.91. The summed E-state index contributed by atoms with van der Waals surface area (Å²) >= 11 is 0. The summed E-state index contributed by atoms with van der Waals surface area (Å²) in [6.07, 6.45) is 3.54. The van der Waals surface area contributed by atoms with Crippen LogP contribution >= 0.6 is 0 Å². The molecule has 5 heteroatoms. The maximum atomic E-state index is 5.19. The molecule has 2 rings (SSSR count). The first-order valence-electron chi connectivity index (χ1n) is 6.01. The second kappa shape index (κ2) is 5.41. The average molecular weight is 224 g/mol. The van der Waals surface area contributed by atoms with Crippen LogP contribution in [-0.2, 0) is 6.42 Å². The monoisotopic (exact) mass is 224 g/mol. The predicted octanol–water partition coefficient (Wildman–Crippen LogP) is 0.988. The molecule has 1 atom stereocenters. The lowest BCUT2D eigenvalue weighted by molar-refractivity contribution is 0.328. The molecule has 0 saturated carbocycles. The summed E-state index contributed by atoms with van der Waals surface area (Å²) in [5, 5.41) is 7.08. The molecule has 1 saturated heterocycles. The van der Waals surface area contributed by atoms with Crippen molar-refractivity contribution < 1.29 is 4.52 Å². The summed E-state index contributed by atoms with van der Waals surface area (Å²) in [7, 11) is 1.89. The van der Waals surface area contributed by atoms with Crippen LogP contribution in [-0.4, -0.2) is 41.7 Å². The lowest BCUT2D eigenvalue weighted by Crippen LogP contribution is -2.22. The highest BCUT2D eigenvalue weighted by Gasteiger charge is 2.15. The number of nitrogens with zero attached hydrogens (tertiary/aromatic N) is 3. The normalized spacial score (nSPS) is 19.1. The molecule has 90 valence electrons. The summed E-state index contributed by atoms with van der Waals surface area (Å²) in [4.78, 5) is 6.83. The molecule has 0 spiro atoms. The second-order valence-electron chi connectivity index (χ2n) is 4.36. The molecule has 1 aliphatic heterocycles. The van der Waals surface area contributed by atoms with Gasteiger partial charge in [-0.05, 0) is 39.9 Å². The van der Waals surface area contributed by atoms with Gasteiger partial charge in [-0.25, -0.2) is 0 Å². The maximum Gasteiger partial charge on any atom is 0.243 e. The Morgan fingerprint density at radius 2 is 2.19 bits per heavy atom. The van der Waals surface area contributed by atoms with Gasteiger partial charge >= 0.3 is 0 Å². The van der Waals surface area contributed by atoms with Crippen molar-refractivity contribution in [1.82, 2.24) is 20.4 Å². The maximum absolute atomic E-state index is 5.19. The van der Waals surface area contributed by atoms with E-state index in [0.717, 1.165) is 18.8 Å². The summed E-state index contributed by atoms with van der Waals surface area (Å²) in [5.74, 6) is 1.50. The van der Waals surface area contributed by atoms with Gasteiger partial charge in [0.15, 0.2) is 5.82 Å². The number of hydrogen-bond acceptors (Lipinski definition) is 5. The Labute approximate surface area is 96.2 Å². The lowest BCUT2D eigenvalue weighted by Gasteiger charge is -2.11. The van der Waals surface area contributed by atoms with Gasteiger partial charge in [0.1, 0.15) is 0 Å². The number of nitrogens with one attached hydrogen (secondary N) is 1. The molecule has 2 heterocycles. The zero-order valence-corrected chi connectivity index (χ0v) is 10.1. The van der Waals surface area contributed by atoms with E-state index < -0.39 is 0 Å². The van der Waals surface area contributed by atoms with Gasteiger partial charge in [0.2, 0.25) is 5.89 Å². The number of aromatic nitrogens is 2. The molecule has 0 radical (unpaired) electrons. The molecule has 1 N–H and O–H groups in total. The molecule has 1 aromatic rings. The van der Waals surface area contributed by atoms with Crippen LogP contribution in [0.25, 0.3) is 0 Å². The molecule has 1 fully saturated rings. The van der Waals surface area contributed by atoms with E-state index in [1.807, 2.05) is 14.0 Å². The van der Waals surface area contributed by atoms with Crippen LogP contribution in [0.3, 0.4) is 0 Å². The fourth-order valence-electron chi connectivity index (χ4n) is 1.93. The van der Waals surface area contributed by atoms with Crippen molar-refractivity contribution in [3.8, 4) is 0 Å². The quantitative estimate of drug-likeness (QED) is 0.808. The topological polar surface area (TPSA) is 54.2 Å². The van der Waals surface area contributed by atoms with Crippen molar-refractivity contribution in [3.63, 3.8) is 0 Å². The molecule has 1 unspecified atom stereocenters. The Morgan fingerprint density at radius 3 is 2.88 bits per heavy atom. The second-order valence-corrected chi connectivity index (χ2v) is 4.36.